The standard InChI is InChI=1S/C14H13ClF4O/c15-12-6-5-8(16)7-10(12)13(20)9-3-1-2-4-11(9)14(17,18)19/h5-7,9,11H,1-4H2. The van der Waals surface area contributed by atoms with Crippen molar-refractivity contribution in [2.45, 2.75) is 31.9 Å². The minimum Gasteiger partial charge on any atom is -0.294 e. The maximum Gasteiger partial charge on any atom is 0.392 e. The number of rotatable bonds is 2. The van der Waals surface area contributed by atoms with Crippen LogP contribution in [0.15, 0.2) is 18.2 Å². The van der Waals surface area contributed by atoms with Crippen molar-refractivity contribution in [3.63, 3.8) is 0 Å². The first-order valence-corrected chi connectivity index (χ1v) is 6.74. The minimum absolute atomic E-state index is 0.0112. The van der Waals surface area contributed by atoms with Crippen LogP contribution in [-0.2, 0) is 0 Å². The number of carbonyl (C=O) groups excluding carboxylic acids is 1. The third-order valence-electron chi connectivity index (χ3n) is 3.72. The molecular weight excluding hydrogens is 296 g/mol. The van der Waals surface area contributed by atoms with Gasteiger partial charge in [0, 0.05) is 11.5 Å². The second kappa shape index (κ2) is 5.72. The van der Waals surface area contributed by atoms with Crippen molar-refractivity contribution in [3.8, 4) is 0 Å². The van der Waals surface area contributed by atoms with Crippen molar-refractivity contribution in [1.82, 2.24) is 0 Å². The van der Waals surface area contributed by atoms with E-state index in [9.17, 15) is 22.4 Å². The van der Waals surface area contributed by atoms with E-state index >= 15 is 0 Å². The summed E-state index contributed by atoms with van der Waals surface area (Å²) in [5.74, 6) is -4.22. The average Bonchev–Trinajstić information content (AvgIpc) is 2.40. The van der Waals surface area contributed by atoms with Crippen LogP contribution < -0.4 is 0 Å². The fraction of sp³-hybridized carbons (Fsp3) is 0.500. The molecule has 1 aliphatic rings. The molecule has 110 valence electrons. The number of alkyl halides is 3. The lowest BCUT2D eigenvalue weighted by Gasteiger charge is -2.32. The van der Waals surface area contributed by atoms with Crippen molar-refractivity contribution < 1.29 is 22.4 Å². The summed E-state index contributed by atoms with van der Waals surface area (Å²) in [6.45, 7) is 0. The second-order valence-electron chi connectivity index (χ2n) is 5.03. The predicted molar refractivity (Wildman–Crippen MR) is 67.2 cm³/mol. The molecule has 0 N–H and O–H groups in total. The van der Waals surface area contributed by atoms with Crippen LogP contribution in [0.5, 0.6) is 0 Å². The number of carbonyl (C=O) groups is 1. The fourth-order valence-corrected chi connectivity index (χ4v) is 2.93. The van der Waals surface area contributed by atoms with Gasteiger partial charge >= 0.3 is 6.18 Å². The molecule has 0 heterocycles. The Balaban J connectivity index is 2.32. The lowest BCUT2D eigenvalue weighted by atomic mass is 9.75. The Bertz CT molecular complexity index is 512. The molecule has 2 rings (SSSR count). The molecule has 1 aromatic carbocycles. The lowest BCUT2D eigenvalue weighted by Crippen LogP contribution is -2.37. The van der Waals surface area contributed by atoms with Crippen molar-refractivity contribution in [3.05, 3.63) is 34.6 Å². The maximum absolute atomic E-state index is 13.2. The highest BCUT2D eigenvalue weighted by atomic mass is 35.5. The minimum atomic E-state index is -4.42. The van der Waals surface area contributed by atoms with Gasteiger partial charge in [0.15, 0.2) is 5.78 Å². The number of hydrogen-bond acceptors (Lipinski definition) is 1. The molecule has 0 bridgehead atoms. The number of hydrogen-bond donors (Lipinski definition) is 0. The molecule has 20 heavy (non-hydrogen) atoms. The summed E-state index contributed by atoms with van der Waals surface area (Å²) < 4.78 is 52.1. The van der Waals surface area contributed by atoms with Gasteiger partial charge < -0.3 is 0 Å². The molecule has 1 aromatic rings. The summed E-state index contributed by atoms with van der Waals surface area (Å²) >= 11 is 5.80. The summed E-state index contributed by atoms with van der Waals surface area (Å²) in [6, 6.07) is 3.17. The molecule has 2 atom stereocenters. The van der Waals surface area contributed by atoms with Gasteiger partial charge in [0.25, 0.3) is 0 Å². The molecule has 6 heteroatoms. The Morgan fingerprint density at radius 3 is 2.50 bits per heavy atom. The normalized spacial score (nSPS) is 23.6. The first-order valence-electron chi connectivity index (χ1n) is 6.36. The molecule has 0 aromatic heterocycles. The van der Waals surface area contributed by atoms with Gasteiger partial charge in [-0.3, -0.25) is 4.79 Å². The number of ketones is 1. The molecule has 0 spiro atoms. The van der Waals surface area contributed by atoms with Crippen molar-refractivity contribution in [2.75, 3.05) is 0 Å². The first-order chi connectivity index (χ1) is 9.30. The molecule has 0 radical (unpaired) electrons. The Morgan fingerprint density at radius 1 is 1.20 bits per heavy atom. The summed E-state index contributed by atoms with van der Waals surface area (Å²) in [4.78, 5) is 12.3. The maximum atomic E-state index is 13.2. The number of halogens is 5. The van der Waals surface area contributed by atoms with Crippen molar-refractivity contribution in [2.24, 2.45) is 11.8 Å². The van der Waals surface area contributed by atoms with Crippen LogP contribution >= 0.6 is 11.6 Å². The van der Waals surface area contributed by atoms with Crippen LogP contribution in [0.3, 0.4) is 0 Å². The molecule has 0 saturated heterocycles. The summed E-state index contributed by atoms with van der Waals surface area (Å²) in [7, 11) is 0. The van der Waals surface area contributed by atoms with Gasteiger partial charge in [0.05, 0.1) is 10.9 Å². The Morgan fingerprint density at radius 2 is 1.85 bits per heavy atom. The van der Waals surface area contributed by atoms with E-state index < -0.39 is 29.6 Å². The third-order valence-corrected chi connectivity index (χ3v) is 4.05. The molecule has 2 unspecified atom stereocenters. The molecule has 1 nitrogen and oxygen atoms in total. The average molecular weight is 309 g/mol. The van der Waals surface area contributed by atoms with Crippen LogP contribution in [0.4, 0.5) is 17.6 Å². The highest BCUT2D eigenvalue weighted by molar-refractivity contribution is 6.34. The Labute approximate surface area is 118 Å². The van der Waals surface area contributed by atoms with Gasteiger partial charge in [-0.15, -0.1) is 0 Å². The van der Waals surface area contributed by atoms with E-state index in [0.29, 0.717) is 12.8 Å². The van der Waals surface area contributed by atoms with Crippen molar-refractivity contribution >= 4 is 17.4 Å². The van der Waals surface area contributed by atoms with E-state index in [2.05, 4.69) is 0 Å². The zero-order chi connectivity index (χ0) is 14.9. The van der Waals surface area contributed by atoms with E-state index in [1.54, 1.807) is 0 Å². The lowest BCUT2D eigenvalue weighted by molar-refractivity contribution is -0.190. The largest absolute Gasteiger partial charge is 0.392 e. The van der Waals surface area contributed by atoms with E-state index in [4.69, 9.17) is 11.6 Å². The van der Waals surface area contributed by atoms with E-state index in [-0.39, 0.29) is 23.4 Å². The van der Waals surface area contributed by atoms with Crippen LogP contribution in [0.1, 0.15) is 36.0 Å². The summed E-state index contributed by atoms with van der Waals surface area (Å²) in [5, 5.41) is -0.0112. The molecule has 0 aliphatic heterocycles. The van der Waals surface area contributed by atoms with Crippen LogP contribution in [0.25, 0.3) is 0 Å². The Kier molecular flexibility index (Phi) is 4.37. The van der Waals surface area contributed by atoms with Gasteiger partial charge in [-0.2, -0.15) is 13.2 Å². The monoisotopic (exact) mass is 308 g/mol. The molecule has 1 saturated carbocycles. The number of Topliss-reactive ketones (excluding diaryl/α,β-unsaturated/α-hetero) is 1. The highest BCUT2D eigenvalue weighted by Crippen LogP contribution is 2.43. The summed E-state index contributed by atoms with van der Waals surface area (Å²) in [6.07, 6.45) is -3.30. The van der Waals surface area contributed by atoms with Crippen LogP contribution in [0.2, 0.25) is 5.02 Å². The van der Waals surface area contributed by atoms with E-state index in [1.165, 1.54) is 6.07 Å². The zero-order valence-electron chi connectivity index (χ0n) is 10.5. The van der Waals surface area contributed by atoms with E-state index in [0.717, 1.165) is 12.1 Å². The fourth-order valence-electron chi connectivity index (χ4n) is 2.72. The third kappa shape index (κ3) is 3.14. The van der Waals surface area contributed by atoms with E-state index in [1.807, 2.05) is 0 Å². The Hall–Kier alpha value is -1.10. The molecule has 0 amide bonds. The van der Waals surface area contributed by atoms with Crippen molar-refractivity contribution in [1.29, 1.82) is 0 Å². The smallest absolute Gasteiger partial charge is 0.294 e. The molecular formula is C14H13ClF4O. The predicted octanol–water partition coefficient (Wildman–Crippen LogP) is 5.03. The van der Waals surface area contributed by atoms with Gasteiger partial charge in [-0.25, -0.2) is 4.39 Å². The SMILES string of the molecule is O=C(c1cc(F)ccc1Cl)C1CCCCC1C(F)(F)F. The second-order valence-corrected chi connectivity index (χ2v) is 5.43. The van der Waals surface area contributed by atoms with Crippen LogP contribution in [0, 0.1) is 17.7 Å². The summed E-state index contributed by atoms with van der Waals surface area (Å²) in [5.41, 5.74) is -0.159. The van der Waals surface area contributed by atoms with Gasteiger partial charge in [-0.05, 0) is 31.0 Å². The molecule has 1 aliphatic carbocycles. The van der Waals surface area contributed by atoms with Gasteiger partial charge in [0.2, 0.25) is 0 Å². The first kappa shape index (κ1) is 15.3. The number of benzene rings is 1. The molecule has 1 fully saturated rings. The zero-order valence-corrected chi connectivity index (χ0v) is 11.3. The quantitative estimate of drug-likeness (QED) is 0.553. The highest BCUT2D eigenvalue weighted by Gasteiger charge is 2.48. The van der Waals surface area contributed by atoms with Gasteiger partial charge in [0.1, 0.15) is 5.82 Å². The topological polar surface area (TPSA) is 17.1 Å². The van der Waals surface area contributed by atoms with Gasteiger partial charge in [-0.1, -0.05) is 24.4 Å². The van der Waals surface area contributed by atoms with Crippen LogP contribution in [-0.4, -0.2) is 12.0 Å².